The van der Waals surface area contributed by atoms with Crippen LogP contribution in [0.4, 0.5) is 0 Å². The van der Waals surface area contributed by atoms with Crippen LogP contribution in [0.15, 0.2) is 4.99 Å². The summed E-state index contributed by atoms with van der Waals surface area (Å²) in [6.45, 7) is 2.17. The fourth-order valence-corrected chi connectivity index (χ4v) is 0.652. The number of halogens is 1. The highest BCUT2D eigenvalue weighted by Gasteiger charge is 2.15. The molecule has 4 heteroatoms. The highest BCUT2D eigenvalue weighted by atomic mass is 35.5. The summed E-state index contributed by atoms with van der Waals surface area (Å²) < 4.78 is 0.958. The molecule has 1 unspecified atom stereocenters. The van der Waals surface area contributed by atoms with Crippen LogP contribution in [0, 0.1) is 0 Å². The minimum Gasteiger partial charge on any atom is -0.285 e. The second-order valence-corrected chi connectivity index (χ2v) is 2.52. The molecule has 2 nitrogen and oxygen atoms in total. The molecule has 0 saturated carbocycles. The summed E-state index contributed by atoms with van der Waals surface area (Å²) in [7, 11) is 4.30. The van der Waals surface area contributed by atoms with Gasteiger partial charge in [0.25, 0.3) is 0 Å². The van der Waals surface area contributed by atoms with Crippen molar-refractivity contribution in [1.82, 2.24) is 0 Å². The van der Waals surface area contributed by atoms with Gasteiger partial charge < -0.3 is 0 Å². The molecule has 1 atom stereocenters. The average molecular weight is 170 g/mol. The molecule has 1 aliphatic rings. The smallest absolute Gasteiger partial charge is 0.185 e. The summed E-state index contributed by atoms with van der Waals surface area (Å²) in [5, 5.41) is 0. The zero-order valence-electron chi connectivity index (χ0n) is 6.00. The number of quaternary nitrogens is 1. The largest absolute Gasteiger partial charge is 0.285 e. The Kier molecular flexibility index (Phi) is 5.65. The number of aliphatic imine (C=N–C) groups is 1. The Hall–Kier alpha value is 0.350. The van der Waals surface area contributed by atoms with Gasteiger partial charge >= 0.3 is 0 Å². The van der Waals surface area contributed by atoms with E-state index in [-0.39, 0.29) is 22.3 Å². The van der Waals surface area contributed by atoms with E-state index < -0.39 is 0 Å². The Bertz CT molecular complexity index is 103. The average Bonchev–Trinajstić information content (AvgIpc) is 1.84. The highest BCUT2D eigenvalue weighted by molar-refractivity contribution is 6.92. The Morgan fingerprint density at radius 2 is 2.00 bits per heavy atom. The normalized spacial score (nSPS) is 20.2. The molecule has 0 aromatic rings. The van der Waals surface area contributed by atoms with E-state index in [2.05, 4.69) is 19.1 Å². The molecule has 56 valence electrons. The second-order valence-electron chi connectivity index (χ2n) is 2.52. The van der Waals surface area contributed by atoms with Crippen LogP contribution in [-0.4, -0.2) is 38.0 Å². The van der Waals surface area contributed by atoms with Gasteiger partial charge in [0.1, 0.15) is 6.54 Å². The molecule has 0 aromatic carbocycles. The van der Waals surface area contributed by atoms with Gasteiger partial charge in [0.2, 0.25) is 0 Å². The van der Waals surface area contributed by atoms with Crippen molar-refractivity contribution in [2.75, 3.05) is 27.2 Å². The number of hydrogen-bond acceptors (Lipinski definition) is 1. The van der Waals surface area contributed by atoms with E-state index >= 15 is 0 Å². The molecule has 9 heavy (non-hydrogen) atoms. The molecule has 1 rings (SSSR count). The van der Waals surface area contributed by atoms with Gasteiger partial charge in [-0.25, -0.2) is 4.99 Å². The lowest BCUT2D eigenvalue weighted by molar-refractivity contribution is -0.784. The first-order valence-corrected chi connectivity index (χ1v) is 2.54. The molecule has 0 aromatic heterocycles. The van der Waals surface area contributed by atoms with Gasteiger partial charge in [-0.1, -0.05) is 0 Å². The van der Waals surface area contributed by atoms with Crippen LogP contribution in [-0.2, 0) is 0 Å². The number of likely N-dealkylation sites (N-methyl/N-ethyl adjacent to an activating group) is 1. The standard InChI is InChI=1S/C5H11N2.ClH.H3P/c1-7(2)4-3-6-5-7;;/h5H,3-4H2,1-2H3;1H;1H3/q+1;;. The summed E-state index contributed by atoms with van der Waals surface area (Å²) in [5.41, 5.74) is 0. The van der Waals surface area contributed by atoms with Crippen molar-refractivity contribution in [2.45, 2.75) is 0 Å². The van der Waals surface area contributed by atoms with Crippen LogP contribution in [0.25, 0.3) is 0 Å². The Labute approximate surface area is 66.0 Å². The third kappa shape index (κ3) is 3.85. The van der Waals surface area contributed by atoms with Gasteiger partial charge in [-0.05, 0) is 0 Å². The van der Waals surface area contributed by atoms with Crippen LogP contribution in [0.5, 0.6) is 0 Å². The highest BCUT2D eigenvalue weighted by Crippen LogP contribution is 1.97. The first kappa shape index (κ1) is 12.1. The molecule has 1 aliphatic heterocycles. The molecule has 0 spiro atoms. The van der Waals surface area contributed by atoms with Crippen LogP contribution in [0.3, 0.4) is 0 Å². The van der Waals surface area contributed by atoms with Crippen molar-refractivity contribution >= 4 is 28.6 Å². The van der Waals surface area contributed by atoms with Crippen molar-refractivity contribution in [1.29, 1.82) is 0 Å². The lowest BCUT2D eigenvalue weighted by atomic mass is 10.6. The third-order valence-electron chi connectivity index (χ3n) is 1.20. The lowest BCUT2D eigenvalue weighted by Gasteiger charge is -2.16. The molecule has 0 saturated heterocycles. The molecular formula is C5H15ClN2P+. The third-order valence-corrected chi connectivity index (χ3v) is 1.20. The number of rotatable bonds is 0. The number of hydrogen-bond donors (Lipinski definition) is 0. The fraction of sp³-hybridized carbons (Fsp3) is 0.800. The van der Waals surface area contributed by atoms with E-state index in [1.165, 1.54) is 6.54 Å². The van der Waals surface area contributed by atoms with E-state index in [1.807, 2.05) is 6.34 Å². The first-order valence-electron chi connectivity index (χ1n) is 2.54. The zero-order valence-corrected chi connectivity index (χ0v) is 8.23. The minimum atomic E-state index is 0. The summed E-state index contributed by atoms with van der Waals surface area (Å²) >= 11 is 0. The van der Waals surface area contributed by atoms with Gasteiger partial charge in [0.15, 0.2) is 6.34 Å². The Morgan fingerprint density at radius 1 is 1.44 bits per heavy atom. The Balaban J connectivity index is 0. The first-order chi connectivity index (χ1) is 3.21. The van der Waals surface area contributed by atoms with Crippen molar-refractivity contribution in [3.8, 4) is 0 Å². The molecule has 0 amide bonds. The molecule has 0 N–H and O–H groups in total. The quantitative estimate of drug-likeness (QED) is 0.372. The summed E-state index contributed by atoms with van der Waals surface area (Å²) in [6.07, 6.45) is 1.99. The maximum Gasteiger partial charge on any atom is 0.185 e. The summed E-state index contributed by atoms with van der Waals surface area (Å²) in [6, 6.07) is 0. The minimum absolute atomic E-state index is 0. The van der Waals surface area contributed by atoms with E-state index in [0.29, 0.717) is 0 Å². The topological polar surface area (TPSA) is 12.4 Å². The maximum atomic E-state index is 4.08. The van der Waals surface area contributed by atoms with Crippen molar-refractivity contribution in [3.05, 3.63) is 0 Å². The lowest BCUT2D eigenvalue weighted by Crippen LogP contribution is -2.35. The van der Waals surface area contributed by atoms with E-state index in [9.17, 15) is 0 Å². The zero-order chi connectivity index (χ0) is 5.33. The van der Waals surface area contributed by atoms with Gasteiger partial charge in [-0.15, -0.1) is 12.4 Å². The van der Waals surface area contributed by atoms with Crippen molar-refractivity contribution in [3.63, 3.8) is 0 Å². The van der Waals surface area contributed by atoms with Crippen LogP contribution in [0.1, 0.15) is 0 Å². The van der Waals surface area contributed by atoms with Gasteiger partial charge in [0, 0.05) is 0 Å². The van der Waals surface area contributed by atoms with Crippen molar-refractivity contribution in [2.24, 2.45) is 4.99 Å². The maximum absolute atomic E-state index is 4.08. The van der Waals surface area contributed by atoms with Crippen LogP contribution < -0.4 is 0 Å². The predicted octanol–water partition coefficient (Wildman–Crippen LogP) is 0.585. The monoisotopic (exact) mass is 169 g/mol. The van der Waals surface area contributed by atoms with Gasteiger partial charge in [0.05, 0.1) is 20.6 Å². The SMILES string of the molecule is C[N+]1(C)C=NCC1.Cl.P. The van der Waals surface area contributed by atoms with E-state index in [1.54, 1.807) is 0 Å². The molecular weight excluding hydrogens is 154 g/mol. The van der Waals surface area contributed by atoms with E-state index in [4.69, 9.17) is 0 Å². The van der Waals surface area contributed by atoms with Gasteiger partial charge in [-0.3, -0.25) is 4.48 Å². The Morgan fingerprint density at radius 3 is 2.11 bits per heavy atom. The molecule has 0 fully saturated rings. The van der Waals surface area contributed by atoms with Crippen molar-refractivity contribution < 1.29 is 4.48 Å². The van der Waals surface area contributed by atoms with Gasteiger partial charge in [-0.2, -0.15) is 9.90 Å². The summed E-state index contributed by atoms with van der Waals surface area (Å²) in [4.78, 5) is 4.08. The molecule has 0 aliphatic carbocycles. The predicted molar refractivity (Wildman–Crippen MR) is 48.7 cm³/mol. The molecule has 0 bridgehead atoms. The second kappa shape index (κ2) is 4.21. The van der Waals surface area contributed by atoms with E-state index in [0.717, 1.165) is 11.0 Å². The number of nitrogens with zero attached hydrogens (tertiary/aromatic N) is 2. The summed E-state index contributed by atoms with van der Waals surface area (Å²) in [5.74, 6) is 0. The fourth-order valence-electron chi connectivity index (χ4n) is 0.652. The van der Waals surface area contributed by atoms with Crippen LogP contribution >= 0.6 is 22.3 Å². The molecule has 1 heterocycles. The van der Waals surface area contributed by atoms with Crippen LogP contribution in [0.2, 0.25) is 0 Å². The molecule has 0 radical (unpaired) electrons.